The first-order valence-electron chi connectivity index (χ1n) is 38.7. The Kier molecular flexibility index (Phi) is 13.3. The van der Waals surface area contributed by atoms with E-state index in [1.54, 1.807) is 6.08 Å². The minimum absolute atomic E-state index is 0.0732. The predicted octanol–water partition coefficient (Wildman–Crippen LogP) is 12.7. The van der Waals surface area contributed by atoms with Crippen LogP contribution < -0.4 is 5.32 Å². The number of nitrogens with one attached hydrogen (secondary N) is 1. The zero-order chi connectivity index (χ0) is 64.0. The van der Waals surface area contributed by atoms with Crippen molar-refractivity contribution in [2.24, 2.45) is 115 Å². The molecule has 21 rings (SSSR count). The van der Waals surface area contributed by atoms with Gasteiger partial charge in [0, 0.05) is 57.6 Å². The number of allylic oxidation sites excluding steroid dienone is 2. The lowest BCUT2D eigenvalue weighted by Gasteiger charge is -2.80. The first kappa shape index (κ1) is 60.5. The van der Waals surface area contributed by atoms with Crippen LogP contribution in [0.4, 0.5) is 0 Å². The highest BCUT2D eigenvalue weighted by atomic mass is 16.5. The molecule has 1 saturated heterocycles. The van der Waals surface area contributed by atoms with Gasteiger partial charge in [-0.3, -0.25) is 0 Å². The van der Waals surface area contributed by atoms with E-state index in [4.69, 9.17) is 9.47 Å². The molecule has 18 aliphatic rings. The van der Waals surface area contributed by atoms with Gasteiger partial charge >= 0.3 is 5.97 Å². The summed E-state index contributed by atoms with van der Waals surface area (Å²) in [7, 11) is 1.99. The number of benzene rings is 3. The van der Waals surface area contributed by atoms with Crippen molar-refractivity contribution in [2.75, 3.05) is 7.05 Å². The first-order valence-corrected chi connectivity index (χ1v) is 38.7. The SMILES string of the molecule is CNC1Cc2c(cccc2CO)C#CC2(CCCC2)CC23CC4(CCCC4)C4C5(C=O)CC67C8CC9CC(c%10ccccc%10)CCC96CCC8C6Cc8cccc(c8)CC8CCC(C8)C8CC=CC9CC(C7O6)C5(O)C(CC98)C(O)C4(O)C2(O)CC2CC1C1OC(=O)C=C1C23. The summed E-state index contributed by atoms with van der Waals surface area (Å²) >= 11 is 0. The summed E-state index contributed by atoms with van der Waals surface area (Å²) in [6, 6.07) is 26.8. The number of aliphatic hydroxyl groups excluding tert-OH is 2. The van der Waals surface area contributed by atoms with Gasteiger partial charge in [0.1, 0.15) is 23.6 Å². The lowest BCUT2D eigenvalue weighted by Crippen LogP contribution is -2.90. The maximum Gasteiger partial charge on any atom is 0.331 e. The lowest BCUT2D eigenvalue weighted by molar-refractivity contribution is -0.423. The van der Waals surface area contributed by atoms with Crippen molar-refractivity contribution < 1.29 is 44.6 Å². The summed E-state index contributed by atoms with van der Waals surface area (Å²) in [5, 5.41) is 78.8. The van der Waals surface area contributed by atoms with Crippen LogP contribution in [0.5, 0.6) is 0 Å². The fourth-order valence-corrected chi connectivity index (χ4v) is 31.4. The van der Waals surface area contributed by atoms with E-state index in [-0.39, 0.29) is 84.1 Å². The number of fused-ring (bicyclic) bond motifs is 12. The van der Waals surface area contributed by atoms with E-state index in [1.807, 2.05) is 19.2 Å². The van der Waals surface area contributed by atoms with Crippen LogP contribution in [-0.2, 0) is 44.9 Å². The molecule has 3 aromatic rings. The monoisotopic (exact) mass is 1280 g/mol. The molecule has 27 atom stereocenters. The molecule has 10 nitrogen and oxygen atoms in total. The van der Waals surface area contributed by atoms with Crippen LogP contribution in [0.3, 0.4) is 0 Å². The predicted molar refractivity (Wildman–Crippen MR) is 360 cm³/mol. The van der Waals surface area contributed by atoms with Gasteiger partial charge in [-0.2, -0.15) is 0 Å². The molecule has 502 valence electrons. The van der Waals surface area contributed by atoms with Crippen LogP contribution >= 0.6 is 0 Å². The highest BCUT2D eigenvalue weighted by molar-refractivity contribution is 5.86. The largest absolute Gasteiger partial charge is 0.454 e. The summed E-state index contributed by atoms with van der Waals surface area (Å²) in [6.45, 7) is -0.119. The van der Waals surface area contributed by atoms with Crippen molar-refractivity contribution in [2.45, 2.75) is 240 Å². The van der Waals surface area contributed by atoms with Gasteiger partial charge in [0.25, 0.3) is 0 Å². The van der Waals surface area contributed by atoms with E-state index in [0.717, 1.165) is 131 Å². The first-order chi connectivity index (χ1) is 46.1. The van der Waals surface area contributed by atoms with Crippen LogP contribution in [0.1, 0.15) is 200 Å². The molecule has 10 heteroatoms. The Morgan fingerprint density at radius 2 is 1.52 bits per heavy atom. The summed E-state index contributed by atoms with van der Waals surface area (Å²) in [5.41, 5.74) is -2.94. The number of aldehydes is 1. The van der Waals surface area contributed by atoms with Crippen LogP contribution in [-0.4, -0.2) is 92.1 Å². The van der Waals surface area contributed by atoms with Crippen molar-refractivity contribution in [3.05, 3.63) is 130 Å². The third-order valence-electron chi connectivity index (χ3n) is 33.9. The molecule has 95 heavy (non-hydrogen) atoms. The maximum atomic E-state index is 17.0. The van der Waals surface area contributed by atoms with Gasteiger partial charge in [-0.25, -0.2) is 4.79 Å². The number of aliphatic hydroxyl groups is 5. The van der Waals surface area contributed by atoms with Crippen LogP contribution in [0, 0.1) is 127 Å². The Morgan fingerprint density at radius 1 is 0.716 bits per heavy atom. The Morgan fingerprint density at radius 3 is 2.33 bits per heavy atom. The molecule has 5 spiro atoms. The lowest BCUT2D eigenvalue weighted by atomic mass is 9.26. The number of esters is 1. The number of carbonyl (C=O) groups is 2. The van der Waals surface area contributed by atoms with E-state index in [0.29, 0.717) is 87.4 Å². The van der Waals surface area contributed by atoms with E-state index < -0.39 is 73.8 Å². The topological polar surface area (TPSA) is 166 Å². The summed E-state index contributed by atoms with van der Waals surface area (Å²) < 4.78 is 15.2. The van der Waals surface area contributed by atoms with Gasteiger partial charge in [-0.1, -0.05) is 116 Å². The highest BCUT2D eigenvalue weighted by Gasteiger charge is 2.93. The minimum atomic E-state index is -2.27. The number of likely N-dealkylation sites (N-methyl/N-ethyl adjacent to an activating group) is 1. The normalized spacial score (nSPS) is 50.5. The zero-order valence-corrected chi connectivity index (χ0v) is 56.2. The summed E-state index contributed by atoms with van der Waals surface area (Å²) in [5.74, 6) is 7.08. The average molecular weight is 1280 g/mol. The molecule has 18 bridgehead atoms. The molecule has 0 amide bonds. The van der Waals surface area contributed by atoms with E-state index >= 15 is 25.2 Å². The van der Waals surface area contributed by atoms with Gasteiger partial charge in [0.2, 0.25) is 0 Å². The Labute approximate surface area is 563 Å². The number of ether oxygens (including phenoxy) is 2. The van der Waals surface area contributed by atoms with Crippen molar-refractivity contribution >= 4 is 12.3 Å². The average Bonchev–Trinajstić information content (AvgIpc) is 1.60. The highest BCUT2D eigenvalue weighted by Crippen LogP contribution is 2.88. The smallest absolute Gasteiger partial charge is 0.331 e. The van der Waals surface area contributed by atoms with Crippen LogP contribution in [0.2, 0.25) is 0 Å². The number of hydrogen-bond acceptors (Lipinski definition) is 10. The Bertz CT molecular complexity index is 3780. The molecule has 0 aromatic heterocycles. The second-order valence-electron chi connectivity index (χ2n) is 36.5. The molecule has 3 heterocycles. The molecule has 12 saturated carbocycles. The standard InChI is InChI=1S/C85H103NO9/c1-86-69-41-62-53(16-10-18-57(62)44-87)22-29-77(25-5-6-26-77)45-80-46-78(27-7-8-28-78)76-81(48-88)47-82-66-39-59-36-54(52-14-3-2-4-15-52)23-30-79(59,82)31-24-61(66)70-35-50-13-9-12-49(32-50)33-51-20-21-56(34-51)60-19-11-17-55-38-68(75(82)94-70)84(81,92)67(40-63(55)60)74(90)85(76,93)83(80,91)43-58-37-64(69)73-65(72(58)80)42-71(89)95-73/h2-4,9-18,32,42,48,51,54-56,58-61,63-64,66-70,72-76,86-87,90-93H,5-8,19-21,23-28,30-31,33-41,43-47H2,1H3. The quantitative estimate of drug-likeness (QED) is 0.0641. The second-order valence-corrected chi connectivity index (χ2v) is 36.5. The maximum absolute atomic E-state index is 17.0. The third-order valence-corrected chi connectivity index (χ3v) is 33.9. The summed E-state index contributed by atoms with van der Waals surface area (Å²) in [6.07, 6.45) is 28.9. The van der Waals surface area contributed by atoms with Gasteiger partial charge in [-0.15, -0.1) is 0 Å². The number of carbonyl (C=O) groups excluding carboxylic acids is 2. The molecular formula is C85H103NO9. The minimum Gasteiger partial charge on any atom is -0.454 e. The summed E-state index contributed by atoms with van der Waals surface area (Å²) in [4.78, 5) is 31.5. The number of hydrogen-bond donors (Lipinski definition) is 6. The van der Waals surface area contributed by atoms with Crippen LogP contribution in [0.15, 0.2) is 96.6 Å². The zero-order valence-electron chi connectivity index (χ0n) is 56.2. The number of rotatable bonds is 4. The van der Waals surface area contributed by atoms with Crippen molar-refractivity contribution in [3.8, 4) is 11.8 Å². The molecule has 27 unspecified atom stereocenters. The fourth-order valence-electron chi connectivity index (χ4n) is 31.4. The van der Waals surface area contributed by atoms with Crippen molar-refractivity contribution in [1.29, 1.82) is 0 Å². The fraction of sp³-hybridized carbons (Fsp3) is 0.694. The van der Waals surface area contributed by atoms with Crippen molar-refractivity contribution in [1.82, 2.24) is 5.32 Å². The third kappa shape index (κ3) is 7.60. The van der Waals surface area contributed by atoms with Gasteiger partial charge < -0.3 is 45.1 Å². The van der Waals surface area contributed by atoms with Gasteiger partial charge in [0.05, 0.1) is 35.9 Å². The van der Waals surface area contributed by atoms with Gasteiger partial charge in [-0.05, 0) is 277 Å². The molecule has 15 aliphatic carbocycles. The molecule has 0 radical (unpaired) electrons. The molecule has 13 fully saturated rings. The van der Waals surface area contributed by atoms with Crippen molar-refractivity contribution in [3.63, 3.8) is 0 Å². The molecule has 3 aromatic carbocycles. The van der Waals surface area contributed by atoms with Crippen LogP contribution in [0.25, 0.3) is 0 Å². The van der Waals surface area contributed by atoms with Gasteiger partial charge in [0.15, 0.2) is 0 Å². The van der Waals surface area contributed by atoms with E-state index in [9.17, 15) is 9.90 Å². The van der Waals surface area contributed by atoms with E-state index in [2.05, 4.69) is 90.0 Å². The molecule has 3 aliphatic heterocycles. The second kappa shape index (κ2) is 20.8. The Hall–Kier alpha value is -4.44. The Balaban J connectivity index is 0.844. The molecular weight excluding hydrogens is 1180 g/mol. The molecule has 6 N–H and O–H groups in total. The van der Waals surface area contributed by atoms with E-state index in [1.165, 1.54) is 29.4 Å².